The lowest BCUT2D eigenvalue weighted by Gasteiger charge is -2.12. The molecule has 0 fully saturated rings. The molecule has 17 heavy (non-hydrogen) atoms. The van der Waals surface area contributed by atoms with Gasteiger partial charge in [-0.2, -0.15) is 0 Å². The number of hydrogen-bond acceptors (Lipinski definition) is 1. The molecule has 0 saturated heterocycles. The number of aliphatic hydroxyl groups excluding tert-OH is 1. The predicted octanol–water partition coefficient (Wildman–Crippen LogP) is 5.39. The fraction of sp³-hybridized carbons (Fsp3) is 0.571. The van der Waals surface area contributed by atoms with E-state index in [0.29, 0.717) is 10.0 Å². The topological polar surface area (TPSA) is 20.2 Å². The van der Waals surface area contributed by atoms with Gasteiger partial charge in [0.05, 0.1) is 6.10 Å². The van der Waals surface area contributed by atoms with E-state index in [2.05, 4.69) is 6.92 Å². The molecule has 0 spiro atoms. The monoisotopic (exact) mass is 274 g/mol. The highest BCUT2D eigenvalue weighted by Gasteiger charge is 2.11. The van der Waals surface area contributed by atoms with Crippen molar-refractivity contribution < 1.29 is 5.11 Å². The Balaban J connectivity index is 2.41. The summed E-state index contributed by atoms with van der Waals surface area (Å²) in [5.41, 5.74) is 0.745. The van der Waals surface area contributed by atoms with Gasteiger partial charge in [-0.1, -0.05) is 62.2 Å². The summed E-state index contributed by atoms with van der Waals surface area (Å²) >= 11 is 11.9. The Morgan fingerprint density at radius 2 is 1.82 bits per heavy atom. The molecule has 0 saturated carbocycles. The Morgan fingerprint density at radius 1 is 1.12 bits per heavy atom. The largest absolute Gasteiger partial charge is 0.388 e. The molecule has 1 rings (SSSR count). The first-order valence-corrected chi connectivity index (χ1v) is 7.03. The summed E-state index contributed by atoms with van der Waals surface area (Å²) in [5, 5.41) is 11.3. The SMILES string of the molecule is CCCCCCCC(O)c1cc(Cl)ccc1Cl. The van der Waals surface area contributed by atoms with Crippen molar-refractivity contribution in [1.82, 2.24) is 0 Å². The van der Waals surface area contributed by atoms with Crippen molar-refractivity contribution in [3.05, 3.63) is 33.8 Å². The Bertz CT molecular complexity index is 339. The van der Waals surface area contributed by atoms with Gasteiger partial charge >= 0.3 is 0 Å². The molecule has 1 atom stereocenters. The summed E-state index contributed by atoms with van der Waals surface area (Å²) in [6.45, 7) is 2.20. The normalized spacial score (nSPS) is 12.7. The molecule has 0 heterocycles. The maximum Gasteiger partial charge on any atom is 0.0805 e. The molecule has 0 bridgehead atoms. The van der Waals surface area contributed by atoms with Crippen molar-refractivity contribution in [3.8, 4) is 0 Å². The minimum absolute atomic E-state index is 0.497. The fourth-order valence-electron chi connectivity index (χ4n) is 1.87. The maximum absolute atomic E-state index is 10.0. The van der Waals surface area contributed by atoms with E-state index in [1.807, 2.05) is 0 Å². The summed E-state index contributed by atoms with van der Waals surface area (Å²) in [6, 6.07) is 5.22. The van der Waals surface area contributed by atoms with Crippen molar-refractivity contribution >= 4 is 23.2 Å². The molecule has 0 amide bonds. The van der Waals surface area contributed by atoms with Crippen LogP contribution in [0.15, 0.2) is 18.2 Å². The molecule has 0 aliphatic carbocycles. The van der Waals surface area contributed by atoms with Crippen molar-refractivity contribution in [2.24, 2.45) is 0 Å². The van der Waals surface area contributed by atoms with Crippen molar-refractivity contribution in [2.45, 2.75) is 51.6 Å². The molecule has 96 valence electrons. The zero-order valence-corrected chi connectivity index (χ0v) is 11.8. The maximum atomic E-state index is 10.0. The number of halogens is 2. The van der Waals surface area contributed by atoms with Crippen LogP contribution in [0.25, 0.3) is 0 Å². The number of unbranched alkanes of at least 4 members (excludes halogenated alkanes) is 4. The lowest BCUT2D eigenvalue weighted by Crippen LogP contribution is -1.98. The van der Waals surface area contributed by atoms with Gasteiger partial charge in [0.25, 0.3) is 0 Å². The minimum Gasteiger partial charge on any atom is -0.388 e. The van der Waals surface area contributed by atoms with E-state index >= 15 is 0 Å². The number of rotatable bonds is 7. The predicted molar refractivity (Wildman–Crippen MR) is 74.8 cm³/mol. The molecule has 0 aliphatic heterocycles. The van der Waals surface area contributed by atoms with Crippen LogP contribution in [0.5, 0.6) is 0 Å². The van der Waals surface area contributed by atoms with Gasteiger partial charge < -0.3 is 5.11 Å². The fourth-order valence-corrected chi connectivity index (χ4v) is 2.29. The first-order chi connectivity index (χ1) is 8.15. The molecule has 1 N–H and O–H groups in total. The van der Waals surface area contributed by atoms with E-state index in [-0.39, 0.29) is 0 Å². The Labute approximate surface area is 114 Å². The molecule has 0 aromatic heterocycles. The van der Waals surface area contributed by atoms with E-state index < -0.39 is 6.10 Å². The van der Waals surface area contributed by atoms with Crippen LogP contribution in [0.3, 0.4) is 0 Å². The highest BCUT2D eigenvalue weighted by Crippen LogP contribution is 2.29. The summed E-state index contributed by atoms with van der Waals surface area (Å²) in [5.74, 6) is 0. The Kier molecular flexibility index (Phi) is 6.94. The smallest absolute Gasteiger partial charge is 0.0805 e. The van der Waals surface area contributed by atoms with Crippen LogP contribution in [-0.2, 0) is 0 Å². The van der Waals surface area contributed by atoms with Crippen molar-refractivity contribution in [2.75, 3.05) is 0 Å². The second-order valence-electron chi connectivity index (χ2n) is 4.38. The highest BCUT2D eigenvalue weighted by atomic mass is 35.5. The zero-order chi connectivity index (χ0) is 12.7. The van der Waals surface area contributed by atoms with E-state index in [4.69, 9.17) is 23.2 Å². The molecule has 0 radical (unpaired) electrons. The summed E-state index contributed by atoms with van der Waals surface area (Å²) < 4.78 is 0. The number of benzene rings is 1. The highest BCUT2D eigenvalue weighted by molar-refractivity contribution is 6.33. The van der Waals surface area contributed by atoms with Gasteiger partial charge in [-0.3, -0.25) is 0 Å². The summed E-state index contributed by atoms with van der Waals surface area (Å²) in [6.07, 6.45) is 6.21. The molecular weight excluding hydrogens is 255 g/mol. The van der Waals surface area contributed by atoms with Gasteiger partial charge in [-0.05, 0) is 24.6 Å². The van der Waals surface area contributed by atoms with Crippen molar-refractivity contribution in [1.29, 1.82) is 0 Å². The second-order valence-corrected chi connectivity index (χ2v) is 5.23. The lowest BCUT2D eigenvalue weighted by molar-refractivity contribution is 0.163. The van der Waals surface area contributed by atoms with E-state index in [0.717, 1.165) is 18.4 Å². The van der Waals surface area contributed by atoms with E-state index in [1.54, 1.807) is 18.2 Å². The van der Waals surface area contributed by atoms with Crippen LogP contribution in [0.1, 0.15) is 57.1 Å². The Hall–Kier alpha value is -0.240. The zero-order valence-electron chi connectivity index (χ0n) is 10.3. The van der Waals surface area contributed by atoms with Crippen LogP contribution in [0.2, 0.25) is 10.0 Å². The quantitative estimate of drug-likeness (QED) is 0.662. The molecular formula is C14H20Cl2O. The molecule has 1 aromatic carbocycles. The second kappa shape index (κ2) is 7.97. The summed E-state index contributed by atoms with van der Waals surface area (Å²) in [4.78, 5) is 0. The van der Waals surface area contributed by atoms with Gasteiger partial charge in [-0.25, -0.2) is 0 Å². The molecule has 1 unspecified atom stereocenters. The lowest BCUT2D eigenvalue weighted by atomic mass is 10.0. The minimum atomic E-state index is -0.497. The van der Waals surface area contributed by atoms with E-state index in [9.17, 15) is 5.11 Å². The van der Waals surface area contributed by atoms with Gasteiger partial charge in [-0.15, -0.1) is 0 Å². The van der Waals surface area contributed by atoms with Crippen LogP contribution >= 0.6 is 23.2 Å². The third kappa shape index (κ3) is 5.29. The first kappa shape index (κ1) is 14.8. The average Bonchev–Trinajstić information content (AvgIpc) is 2.32. The summed E-state index contributed by atoms with van der Waals surface area (Å²) in [7, 11) is 0. The molecule has 1 nitrogen and oxygen atoms in total. The standard InChI is InChI=1S/C14H20Cl2O/c1-2-3-4-5-6-7-14(17)12-10-11(15)8-9-13(12)16/h8-10,14,17H,2-7H2,1H3. The molecule has 0 aliphatic rings. The third-order valence-corrected chi connectivity index (χ3v) is 3.48. The van der Waals surface area contributed by atoms with Gasteiger partial charge in [0.2, 0.25) is 0 Å². The van der Waals surface area contributed by atoms with Gasteiger partial charge in [0, 0.05) is 15.6 Å². The van der Waals surface area contributed by atoms with Gasteiger partial charge in [0.1, 0.15) is 0 Å². The van der Waals surface area contributed by atoms with Crippen molar-refractivity contribution in [3.63, 3.8) is 0 Å². The molecule has 1 aromatic rings. The van der Waals surface area contributed by atoms with E-state index in [1.165, 1.54) is 25.7 Å². The first-order valence-electron chi connectivity index (χ1n) is 6.28. The number of hydrogen-bond donors (Lipinski definition) is 1. The van der Waals surface area contributed by atoms with Crippen LogP contribution < -0.4 is 0 Å². The van der Waals surface area contributed by atoms with Crippen LogP contribution in [0, 0.1) is 0 Å². The van der Waals surface area contributed by atoms with Gasteiger partial charge in [0.15, 0.2) is 0 Å². The van der Waals surface area contributed by atoms with Crippen LogP contribution in [-0.4, -0.2) is 5.11 Å². The van der Waals surface area contributed by atoms with Crippen LogP contribution in [0.4, 0.5) is 0 Å². The molecule has 3 heteroatoms. The third-order valence-electron chi connectivity index (χ3n) is 2.90. The Morgan fingerprint density at radius 3 is 2.53 bits per heavy atom. The number of aliphatic hydroxyl groups is 1. The average molecular weight is 275 g/mol.